The standard InChI is InChI=1S/C13H26N2S/c1-4-12(5-2)10-15(9-8-14-12)11-13(16-3)6-7-13/h14H,4-11H2,1-3H3. The molecule has 0 aromatic heterocycles. The monoisotopic (exact) mass is 242 g/mol. The lowest BCUT2D eigenvalue weighted by atomic mass is 9.90. The Bertz CT molecular complexity index is 234. The molecule has 0 aromatic carbocycles. The second kappa shape index (κ2) is 4.87. The number of piperazine rings is 1. The predicted octanol–water partition coefficient (Wildman–Crippen LogP) is 2.35. The molecular formula is C13H26N2S. The molecule has 0 aromatic rings. The molecule has 0 unspecified atom stereocenters. The average Bonchev–Trinajstić information content (AvgIpc) is 3.10. The van der Waals surface area contributed by atoms with Crippen molar-refractivity contribution in [2.45, 2.75) is 49.8 Å². The van der Waals surface area contributed by atoms with Gasteiger partial charge in [-0.05, 0) is 31.9 Å². The molecule has 2 rings (SSSR count). The van der Waals surface area contributed by atoms with Crippen LogP contribution in [0.3, 0.4) is 0 Å². The Morgan fingerprint density at radius 3 is 2.44 bits per heavy atom. The highest BCUT2D eigenvalue weighted by atomic mass is 32.2. The maximum absolute atomic E-state index is 3.74. The van der Waals surface area contributed by atoms with Gasteiger partial charge in [-0.1, -0.05) is 13.8 Å². The molecule has 3 heteroatoms. The van der Waals surface area contributed by atoms with E-state index in [1.807, 2.05) is 0 Å². The molecule has 1 heterocycles. The highest BCUT2D eigenvalue weighted by Crippen LogP contribution is 2.47. The zero-order valence-electron chi connectivity index (χ0n) is 11.0. The Balaban J connectivity index is 1.91. The van der Waals surface area contributed by atoms with Crippen molar-refractivity contribution in [3.8, 4) is 0 Å². The molecule has 0 amide bonds. The van der Waals surface area contributed by atoms with E-state index in [1.54, 1.807) is 0 Å². The van der Waals surface area contributed by atoms with E-state index in [0.717, 1.165) is 0 Å². The second-order valence-corrected chi connectivity index (χ2v) is 6.79. The summed E-state index contributed by atoms with van der Waals surface area (Å²) in [5.41, 5.74) is 0.396. The lowest BCUT2D eigenvalue weighted by Crippen LogP contribution is -2.60. The molecule has 0 bridgehead atoms. The molecule has 1 saturated carbocycles. The number of nitrogens with one attached hydrogen (secondary N) is 1. The fourth-order valence-electron chi connectivity index (χ4n) is 2.87. The van der Waals surface area contributed by atoms with Crippen molar-refractivity contribution < 1.29 is 0 Å². The third kappa shape index (κ3) is 2.57. The number of thioether (sulfide) groups is 1. The zero-order valence-corrected chi connectivity index (χ0v) is 11.8. The lowest BCUT2D eigenvalue weighted by Gasteiger charge is -2.44. The summed E-state index contributed by atoms with van der Waals surface area (Å²) in [6.07, 6.45) is 7.66. The molecule has 2 nitrogen and oxygen atoms in total. The number of hydrogen-bond acceptors (Lipinski definition) is 3. The number of nitrogens with zero attached hydrogens (tertiary/aromatic N) is 1. The smallest absolute Gasteiger partial charge is 0.0304 e. The van der Waals surface area contributed by atoms with Crippen molar-refractivity contribution in [3.63, 3.8) is 0 Å². The van der Waals surface area contributed by atoms with Gasteiger partial charge in [-0.15, -0.1) is 0 Å². The summed E-state index contributed by atoms with van der Waals surface area (Å²) in [4.78, 5) is 2.70. The van der Waals surface area contributed by atoms with Crippen molar-refractivity contribution in [1.29, 1.82) is 0 Å². The first kappa shape index (κ1) is 12.7. The summed E-state index contributed by atoms with van der Waals surface area (Å²) in [5, 5.41) is 3.74. The van der Waals surface area contributed by atoms with Crippen molar-refractivity contribution >= 4 is 11.8 Å². The van der Waals surface area contributed by atoms with Crippen LogP contribution in [0.5, 0.6) is 0 Å². The van der Waals surface area contributed by atoms with Crippen molar-refractivity contribution in [2.75, 3.05) is 32.4 Å². The fraction of sp³-hybridized carbons (Fsp3) is 1.00. The van der Waals surface area contributed by atoms with Crippen LogP contribution in [0.25, 0.3) is 0 Å². The minimum Gasteiger partial charge on any atom is -0.309 e. The Labute approximate surface area is 105 Å². The van der Waals surface area contributed by atoms with Crippen LogP contribution in [-0.4, -0.2) is 47.6 Å². The summed E-state index contributed by atoms with van der Waals surface area (Å²) in [6, 6.07) is 0. The van der Waals surface area contributed by atoms with E-state index in [9.17, 15) is 0 Å². The maximum atomic E-state index is 3.74. The fourth-order valence-corrected chi connectivity index (χ4v) is 3.70. The molecule has 16 heavy (non-hydrogen) atoms. The zero-order chi connectivity index (χ0) is 11.6. The largest absolute Gasteiger partial charge is 0.309 e. The van der Waals surface area contributed by atoms with Crippen molar-refractivity contribution in [2.24, 2.45) is 0 Å². The first-order valence-corrected chi connectivity index (χ1v) is 7.92. The average molecular weight is 242 g/mol. The Hall–Kier alpha value is 0.270. The Kier molecular flexibility index (Phi) is 3.87. The Morgan fingerprint density at radius 2 is 1.94 bits per heavy atom. The number of hydrogen-bond donors (Lipinski definition) is 1. The van der Waals surface area contributed by atoms with E-state index in [4.69, 9.17) is 0 Å². The molecule has 2 fully saturated rings. The van der Waals surface area contributed by atoms with Gasteiger partial charge in [0.25, 0.3) is 0 Å². The van der Waals surface area contributed by atoms with Crippen LogP contribution < -0.4 is 5.32 Å². The van der Waals surface area contributed by atoms with E-state index < -0.39 is 0 Å². The van der Waals surface area contributed by atoms with Crippen LogP contribution in [0.15, 0.2) is 0 Å². The first-order chi connectivity index (χ1) is 7.67. The molecule has 0 atom stereocenters. The highest BCUT2D eigenvalue weighted by molar-refractivity contribution is 8.00. The van der Waals surface area contributed by atoms with Crippen LogP contribution in [0.4, 0.5) is 0 Å². The van der Waals surface area contributed by atoms with Crippen LogP contribution in [0.2, 0.25) is 0 Å². The van der Waals surface area contributed by atoms with E-state index >= 15 is 0 Å². The quantitative estimate of drug-likeness (QED) is 0.797. The van der Waals surface area contributed by atoms with Gasteiger partial charge in [0.2, 0.25) is 0 Å². The molecule has 1 aliphatic carbocycles. The third-order valence-electron chi connectivity index (χ3n) is 4.56. The summed E-state index contributed by atoms with van der Waals surface area (Å²) in [5.74, 6) is 0. The van der Waals surface area contributed by atoms with Crippen LogP contribution in [-0.2, 0) is 0 Å². The topological polar surface area (TPSA) is 15.3 Å². The Morgan fingerprint density at radius 1 is 1.25 bits per heavy atom. The molecule has 2 aliphatic rings. The maximum Gasteiger partial charge on any atom is 0.0304 e. The van der Waals surface area contributed by atoms with Gasteiger partial charge in [-0.25, -0.2) is 0 Å². The van der Waals surface area contributed by atoms with Gasteiger partial charge < -0.3 is 5.32 Å². The minimum absolute atomic E-state index is 0.396. The summed E-state index contributed by atoms with van der Waals surface area (Å²) < 4.78 is 0.630. The van der Waals surface area contributed by atoms with Gasteiger partial charge in [0.05, 0.1) is 0 Å². The summed E-state index contributed by atoms with van der Waals surface area (Å²) in [6.45, 7) is 9.62. The van der Waals surface area contributed by atoms with Gasteiger partial charge in [0.15, 0.2) is 0 Å². The minimum atomic E-state index is 0.396. The van der Waals surface area contributed by atoms with Crippen LogP contribution in [0, 0.1) is 0 Å². The summed E-state index contributed by atoms with van der Waals surface area (Å²) in [7, 11) is 0. The summed E-state index contributed by atoms with van der Waals surface area (Å²) >= 11 is 2.09. The van der Waals surface area contributed by atoms with Crippen LogP contribution in [0.1, 0.15) is 39.5 Å². The normalized spacial score (nSPS) is 27.9. The van der Waals surface area contributed by atoms with Crippen molar-refractivity contribution in [3.05, 3.63) is 0 Å². The van der Waals surface area contributed by atoms with E-state index in [1.165, 1.54) is 51.9 Å². The molecule has 94 valence electrons. The molecule has 0 radical (unpaired) electrons. The van der Waals surface area contributed by atoms with Gasteiger partial charge in [-0.2, -0.15) is 11.8 Å². The highest BCUT2D eigenvalue weighted by Gasteiger charge is 2.44. The van der Waals surface area contributed by atoms with Crippen molar-refractivity contribution in [1.82, 2.24) is 10.2 Å². The molecule has 1 saturated heterocycles. The van der Waals surface area contributed by atoms with E-state index in [-0.39, 0.29) is 0 Å². The van der Waals surface area contributed by atoms with Gasteiger partial charge in [-0.3, -0.25) is 4.90 Å². The second-order valence-electron chi connectivity index (χ2n) is 5.51. The molecule has 1 aliphatic heterocycles. The van der Waals surface area contributed by atoms with Gasteiger partial charge in [0, 0.05) is 36.5 Å². The van der Waals surface area contributed by atoms with Gasteiger partial charge in [0.1, 0.15) is 0 Å². The first-order valence-electron chi connectivity index (χ1n) is 6.70. The van der Waals surface area contributed by atoms with E-state index in [2.05, 4.69) is 42.1 Å². The van der Waals surface area contributed by atoms with Gasteiger partial charge >= 0.3 is 0 Å². The molecular weight excluding hydrogens is 216 g/mol. The third-order valence-corrected chi connectivity index (χ3v) is 5.96. The van der Waals surface area contributed by atoms with Crippen LogP contribution >= 0.6 is 11.8 Å². The SMILES string of the molecule is CCC1(CC)CN(CC2(SC)CC2)CCN1. The lowest BCUT2D eigenvalue weighted by molar-refractivity contribution is 0.123. The molecule has 0 spiro atoms. The predicted molar refractivity (Wildman–Crippen MR) is 73.2 cm³/mol. The van der Waals surface area contributed by atoms with E-state index in [0.29, 0.717) is 10.3 Å². The number of rotatable bonds is 5. The molecule has 1 N–H and O–H groups in total.